The number of amides is 2. The summed E-state index contributed by atoms with van der Waals surface area (Å²) in [6.07, 6.45) is 14.5. The minimum atomic E-state index is -3.56. The number of nitrogens with zero attached hydrogens (tertiary/aromatic N) is 4. The molecule has 0 radical (unpaired) electrons. The van der Waals surface area contributed by atoms with Crippen LogP contribution in [0.2, 0.25) is 0 Å². The molecule has 12 nitrogen and oxygen atoms in total. The van der Waals surface area contributed by atoms with Crippen LogP contribution in [-0.2, 0) is 42.5 Å². The van der Waals surface area contributed by atoms with E-state index < -0.39 is 31.1 Å². The van der Waals surface area contributed by atoms with Crippen molar-refractivity contribution in [3.63, 3.8) is 0 Å². The maximum Gasteiger partial charge on any atom is 0.253 e. The van der Waals surface area contributed by atoms with E-state index >= 15 is 0 Å². The van der Waals surface area contributed by atoms with Gasteiger partial charge in [0.2, 0.25) is 20.0 Å². The molecule has 2 aromatic rings. The van der Waals surface area contributed by atoms with E-state index in [-0.39, 0.29) is 11.8 Å². The molecular formula is C52H75BrN6O6S2. The molecule has 4 aliphatic heterocycles. The molecule has 368 valence electrons. The molecule has 0 unspecified atom stereocenters. The normalized spacial score (nSPS) is 25.4. The van der Waals surface area contributed by atoms with Crippen LogP contribution < -0.4 is 10.6 Å². The van der Waals surface area contributed by atoms with Crippen LogP contribution in [0.3, 0.4) is 0 Å². The Morgan fingerprint density at radius 1 is 0.642 bits per heavy atom. The highest BCUT2D eigenvalue weighted by Gasteiger charge is 2.49. The lowest BCUT2D eigenvalue weighted by Gasteiger charge is -2.34. The van der Waals surface area contributed by atoms with E-state index in [9.17, 15) is 26.4 Å². The van der Waals surface area contributed by atoms with Gasteiger partial charge in [-0.25, -0.2) is 16.8 Å². The van der Waals surface area contributed by atoms with Gasteiger partial charge in [0.05, 0.1) is 0 Å². The average Bonchev–Trinajstić information content (AvgIpc) is 3.79. The van der Waals surface area contributed by atoms with Crippen molar-refractivity contribution >= 4 is 65.5 Å². The monoisotopic (exact) mass is 1020 g/mol. The molecule has 2 saturated carbocycles. The average molecular weight is 1020 g/mol. The van der Waals surface area contributed by atoms with Crippen LogP contribution in [0, 0.1) is 51.4 Å². The molecule has 0 atom stereocenters. The number of amidine groups is 2. The molecule has 15 heteroatoms. The fraction of sp³-hybridized carbons (Fsp3) is 0.615. The molecule has 4 heterocycles. The number of benzene rings is 2. The minimum absolute atomic E-state index is 0.0500. The number of aliphatic imine (C=N–C) groups is 2. The van der Waals surface area contributed by atoms with E-state index in [1.54, 1.807) is 6.08 Å². The van der Waals surface area contributed by atoms with Gasteiger partial charge in [0, 0.05) is 53.3 Å². The highest BCUT2D eigenvalue weighted by molar-refractivity contribution is 9.10. The lowest BCUT2D eigenvalue weighted by molar-refractivity contribution is -0.125. The molecule has 6 aliphatic rings. The van der Waals surface area contributed by atoms with Crippen LogP contribution in [0.5, 0.6) is 0 Å². The molecule has 2 aliphatic carbocycles. The predicted molar refractivity (Wildman–Crippen MR) is 276 cm³/mol. The van der Waals surface area contributed by atoms with Crippen molar-refractivity contribution in [3.05, 3.63) is 85.1 Å². The van der Waals surface area contributed by atoms with E-state index in [4.69, 9.17) is 9.98 Å². The van der Waals surface area contributed by atoms with Gasteiger partial charge in [0.25, 0.3) is 11.8 Å². The van der Waals surface area contributed by atoms with Gasteiger partial charge in [-0.05, 0) is 149 Å². The number of halogens is 1. The van der Waals surface area contributed by atoms with E-state index in [2.05, 4.69) is 99.0 Å². The molecule has 2 saturated heterocycles. The SMILES string of the molecule is C=CS(=O)(=O)N1CCC2(CC1)N=C(C1CCC(C)CC1)NC2=O.CCc1cc(C)c(/C=C/S(=O)(=O)N2CCC3(CC2)N=C(C2CCC(C)CC2)NC3=O)c(C)c1.CCc1cc(C)c(Br)c(C)c1. The van der Waals surface area contributed by atoms with Gasteiger partial charge in [-0.2, -0.15) is 8.61 Å². The number of hydrogen-bond donors (Lipinski definition) is 2. The van der Waals surface area contributed by atoms with Gasteiger partial charge in [0.1, 0.15) is 22.7 Å². The zero-order valence-corrected chi connectivity index (χ0v) is 44.4. The quantitative estimate of drug-likeness (QED) is 0.255. The number of sulfonamides is 2. The maximum atomic E-state index is 13.0. The number of piperidine rings is 2. The highest BCUT2D eigenvalue weighted by Crippen LogP contribution is 2.38. The van der Waals surface area contributed by atoms with Crippen molar-refractivity contribution in [3.8, 4) is 0 Å². The van der Waals surface area contributed by atoms with Crippen molar-refractivity contribution < 1.29 is 26.4 Å². The van der Waals surface area contributed by atoms with E-state index in [1.807, 2.05) is 13.8 Å². The smallest absolute Gasteiger partial charge is 0.253 e. The summed E-state index contributed by atoms with van der Waals surface area (Å²) in [4.78, 5) is 35.0. The van der Waals surface area contributed by atoms with Gasteiger partial charge in [-0.15, -0.1) is 0 Å². The molecule has 2 spiro atoms. The highest BCUT2D eigenvalue weighted by atomic mass is 79.9. The van der Waals surface area contributed by atoms with Crippen molar-refractivity contribution in [1.82, 2.24) is 19.2 Å². The first-order chi connectivity index (χ1) is 31.6. The zero-order chi connectivity index (χ0) is 48.9. The second kappa shape index (κ2) is 22.1. The van der Waals surface area contributed by atoms with E-state index in [0.717, 1.165) is 84.1 Å². The Bertz CT molecular complexity index is 2420. The number of aryl methyl sites for hydroxylation is 6. The molecule has 67 heavy (non-hydrogen) atoms. The number of rotatable bonds is 9. The van der Waals surface area contributed by atoms with E-state index in [1.165, 1.54) is 66.4 Å². The fourth-order valence-electron chi connectivity index (χ4n) is 10.6. The summed E-state index contributed by atoms with van der Waals surface area (Å²) in [5.41, 5.74) is 6.91. The third-order valence-corrected chi connectivity index (χ3v) is 19.5. The number of carbonyl (C=O) groups is 2. The molecule has 0 bridgehead atoms. The van der Waals surface area contributed by atoms with E-state index in [0.29, 0.717) is 63.7 Å². The van der Waals surface area contributed by atoms with Crippen LogP contribution in [0.1, 0.15) is 144 Å². The molecule has 4 fully saturated rings. The third kappa shape index (κ3) is 12.5. The Morgan fingerprint density at radius 3 is 1.36 bits per heavy atom. The summed E-state index contributed by atoms with van der Waals surface area (Å²) >= 11 is 3.54. The summed E-state index contributed by atoms with van der Waals surface area (Å²) in [5, 5.41) is 8.33. The minimum Gasteiger partial charge on any atom is -0.312 e. The first kappa shape index (κ1) is 52.9. The van der Waals surface area contributed by atoms with Gasteiger partial charge < -0.3 is 10.6 Å². The van der Waals surface area contributed by atoms with Crippen LogP contribution in [0.25, 0.3) is 6.08 Å². The van der Waals surface area contributed by atoms with Crippen LogP contribution in [-0.4, -0.2) is 86.2 Å². The third-order valence-electron chi connectivity index (χ3n) is 15.2. The standard InChI is InChI=1S/C26H37N3O3S.C16H25N3O3S.C10H13Br/c1-5-21-16-19(3)23(20(4)17-21)10-15-33(31,32)29-13-11-26(12-14-29)25(30)27-24(28-26)22-8-6-18(2)7-9-22;1-3-23(21,22)19-10-8-16(9-11-19)15(20)17-14(18-16)13-6-4-12(2)5-7-13;1-4-9-5-7(2)10(11)8(3)6-9/h10,15-18,22H,5-9,11-14H2,1-4H3,(H,27,28,30);3,12-13H,1,4-11H2,2H3,(H,17,18,20);5-6H,4H2,1-3H3/b15-10+;;. The fourth-order valence-corrected chi connectivity index (χ4v) is 12.9. The molecule has 8 rings (SSSR count). The Hall–Kier alpha value is -3.50. The topological polar surface area (TPSA) is 158 Å². The van der Waals surface area contributed by atoms with Crippen molar-refractivity contribution in [2.24, 2.45) is 33.7 Å². The Labute approximate surface area is 410 Å². The largest absolute Gasteiger partial charge is 0.312 e. The Balaban J connectivity index is 0.000000188. The molecule has 0 aromatic heterocycles. The van der Waals surface area contributed by atoms with Gasteiger partial charge in [0.15, 0.2) is 0 Å². The summed E-state index contributed by atoms with van der Waals surface area (Å²) in [6, 6.07) is 8.70. The van der Waals surface area contributed by atoms with Gasteiger partial charge >= 0.3 is 0 Å². The predicted octanol–water partition coefficient (Wildman–Crippen LogP) is 9.63. The number of carbonyl (C=O) groups excluding carboxylic acids is 2. The second-order valence-electron chi connectivity index (χ2n) is 20.1. The van der Waals surface area contributed by atoms with Crippen molar-refractivity contribution in [1.29, 1.82) is 0 Å². The van der Waals surface area contributed by atoms with Gasteiger partial charge in [-0.1, -0.05) is 100 Å². The van der Waals surface area contributed by atoms with Crippen LogP contribution in [0.15, 0.2) is 56.1 Å². The lowest BCUT2D eigenvalue weighted by atomic mass is 9.82. The number of nitrogens with one attached hydrogen (secondary N) is 2. The Kier molecular flexibility index (Phi) is 17.4. The van der Waals surface area contributed by atoms with Crippen LogP contribution >= 0.6 is 15.9 Å². The summed E-state index contributed by atoms with van der Waals surface area (Å²) < 4.78 is 53.9. The lowest BCUT2D eigenvalue weighted by Crippen LogP contribution is -2.50. The summed E-state index contributed by atoms with van der Waals surface area (Å²) in [5.74, 6) is 3.75. The maximum absolute atomic E-state index is 13.0. The molecule has 2 amide bonds. The molecule has 2 N–H and O–H groups in total. The molecule has 2 aromatic carbocycles. The first-order valence-corrected chi connectivity index (χ1v) is 28.4. The van der Waals surface area contributed by atoms with Crippen molar-refractivity contribution in [2.45, 2.75) is 156 Å². The molecular weight excluding hydrogens is 949 g/mol. The van der Waals surface area contributed by atoms with Crippen molar-refractivity contribution in [2.75, 3.05) is 26.2 Å². The number of hydrogen-bond acceptors (Lipinski definition) is 8. The Morgan fingerprint density at radius 2 is 1.00 bits per heavy atom. The second-order valence-corrected chi connectivity index (χ2v) is 24.6. The summed E-state index contributed by atoms with van der Waals surface area (Å²) in [7, 11) is -6.97. The zero-order valence-electron chi connectivity index (χ0n) is 41.2. The van der Waals surface area contributed by atoms with Crippen LogP contribution in [0.4, 0.5) is 0 Å². The van der Waals surface area contributed by atoms with Gasteiger partial charge in [-0.3, -0.25) is 19.6 Å². The first-order valence-electron chi connectivity index (χ1n) is 24.6. The summed E-state index contributed by atoms with van der Waals surface area (Å²) in [6.45, 7) is 21.8.